The zero-order valence-electron chi connectivity index (χ0n) is 16.4. The van der Waals surface area contributed by atoms with Gasteiger partial charge in [0.1, 0.15) is 17.2 Å². The summed E-state index contributed by atoms with van der Waals surface area (Å²) < 4.78 is 16.4. The number of para-hydroxylation sites is 1. The van der Waals surface area contributed by atoms with Gasteiger partial charge in [0.2, 0.25) is 0 Å². The van der Waals surface area contributed by atoms with E-state index in [0.717, 1.165) is 30.0 Å². The van der Waals surface area contributed by atoms with Crippen molar-refractivity contribution in [2.75, 3.05) is 32.8 Å². The van der Waals surface area contributed by atoms with Gasteiger partial charge < -0.3 is 19.1 Å². The van der Waals surface area contributed by atoms with Crippen LogP contribution in [0.1, 0.15) is 24.5 Å². The Kier molecular flexibility index (Phi) is 6.07. The maximum absolute atomic E-state index is 5.56. The highest BCUT2D eigenvalue weighted by atomic mass is 16.5. The summed E-state index contributed by atoms with van der Waals surface area (Å²) in [6, 6.07) is 12.4. The van der Waals surface area contributed by atoms with E-state index < -0.39 is 0 Å². The molecule has 3 rings (SSSR count). The second-order valence-electron chi connectivity index (χ2n) is 6.41. The number of methoxy groups -OCH3 is 3. The van der Waals surface area contributed by atoms with Crippen molar-refractivity contribution in [1.82, 2.24) is 0 Å². The molecule has 0 spiro atoms. The molecule has 0 N–H and O–H groups in total. The van der Waals surface area contributed by atoms with Crippen LogP contribution < -0.4 is 19.1 Å². The van der Waals surface area contributed by atoms with Crippen molar-refractivity contribution in [2.24, 2.45) is 0 Å². The van der Waals surface area contributed by atoms with Gasteiger partial charge in [-0.1, -0.05) is 43.4 Å². The maximum atomic E-state index is 5.56. The minimum atomic E-state index is 0.177. The average Bonchev–Trinajstić information content (AvgIpc) is 2.72. The van der Waals surface area contributed by atoms with Crippen molar-refractivity contribution in [1.29, 1.82) is 0 Å². The predicted molar refractivity (Wildman–Crippen MR) is 112 cm³/mol. The molecule has 0 amide bonds. The van der Waals surface area contributed by atoms with E-state index >= 15 is 0 Å². The molecule has 0 bridgehead atoms. The number of anilines is 1. The molecule has 0 aromatic heterocycles. The molecule has 0 saturated carbocycles. The minimum absolute atomic E-state index is 0.177. The van der Waals surface area contributed by atoms with Gasteiger partial charge in [0, 0.05) is 24.4 Å². The zero-order chi connectivity index (χ0) is 19.2. The quantitative estimate of drug-likeness (QED) is 0.688. The first-order chi connectivity index (χ1) is 13.2. The Morgan fingerprint density at radius 1 is 1.00 bits per heavy atom. The molecule has 0 radical (unpaired) electrons. The third kappa shape index (κ3) is 3.95. The van der Waals surface area contributed by atoms with E-state index in [4.69, 9.17) is 14.2 Å². The summed E-state index contributed by atoms with van der Waals surface area (Å²) in [5.74, 6) is 2.16. The van der Waals surface area contributed by atoms with Crippen molar-refractivity contribution < 1.29 is 14.2 Å². The van der Waals surface area contributed by atoms with Gasteiger partial charge in [0.25, 0.3) is 0 Å². The lowest BCUT2D eigenvalue weighted by atomic mass is 10.0. The molecule has 4 heteroatoms. The third-order valence-corrected chi connectivity index (χ3v) is 4.76. The first-order valence-electron chi connectivity index (χ1n) is 9.23. The summed E-state index contributed by atoms with van der Waals surface area (Å²) >= 11 is 0. The first-order valence-corrected chi connectivity index (χ1v) is 9.23. The Balaban J connectivity index is 1.96. The number of ether oxygens (including phenoxy) is 3. The van der Waals surface area contributed by atoms with E-state index in [1.54, 1.807) is 21.3 Å². The maximum Gasteiger partial charge on any atom is 0.133 e. The molecule has 2 aromatic carbocycles. The van der Waals surface area contributed by atoms with E-state index in [9.17, 15) is 0 Å². The summed E-state index contributed by atoms with van der Waals surface area (Å²) in [5.41, 5.74) is 3.44. The van der Waals surface area contributed by atoms with Crippen molar-refractivity contribution in [3.8, 4) is 17.2 Å². The zero-order valence-corrected chi connectivity index (χ0v) is 16.4. The van der Waals surface area contributed by atoms with Crippen LogP contribution in [0.25, 0.3) is 12.2 Å². The van der Waals surface area contributed by atoms with Crippen molar-refractivity contribution in [2.45, 2.75) is 19.4 Å². The van der Waals surface area contributed by atoms with Gasteiger partial charge in [-0.05, 0) is 24.1 Å². The lowest BCUT2D eigenvalue weighted by Gasteiger charge is -2.34. The highest BCUT2D eigenvalue weighted by Crippen LogP contribution is 2.36. The summed E-state index contributed by atoms with van der Waals surface area (Å²) in [5, 5.41) is 0. The molecule has 1 aliphatic rings. The van der Waals surface area contributed by atoms with E-state index in [0.29, 0.717) is 5.75 Å². The third-order valence-electron chi connectivity index (χ3n) is 4.76. The molecular formula is C23H27NO3. The lowest BCUT2D eigenvalue weighted by Crippen LogP contribution is -2.35. The SMILES string of the molecule is CCCN1c2ccccc2C=CC1/C=C/c1c(OC)cc(OC)cc1OC. The van der Waals surface area contributed by atoms with Crippen LogP contribution in [-0.2, 0) is 0 Å². The van der Waals surface area contributed by atoms with Gasteiger partial charge in [-0.3, -0.25) is 0 Å². The Morgan fingerprint density at radius 2 is 1.70 bits per heavy atom. The van der Waals surface area contributed by atoms with Crippen LogP contribution in [0, 0.1) is 0 Å². The van der Waals surface area contributed by atoms with E-state index in [1.807, 2.05) is 12.1 Å². The number of benzene rings is 2. The van der Waals surface area contributed by atoms with E-state index in [1.165, 1.54) is 11.3 Å². The largest absolute Gasteiger partial charge is 0.496 e. The monoisotopic (exact) mass is 365 g/mol. The van der Waals surface area contributed by atoms with Crippen LogP contribution in [0.2, 0.25) is 0 Å². The molecule has 2 aromatic rings. The number of rotatable bonds is 7. The van der Waals surface area contributed by atoms with Crippen LogP contribution in [-0.4, -0.2) is 33.9 Å². The van der Waals surface area contributed by atoms with Gasteiger partial charge in [0.05, 0.1) is 32.9 Å². The Hall–Kier alpha value is -2.88. The van der Waals surface area contributed by atoms with Crippen LogP contribution in [0.5, 0.6) is 17.2 Å². The number of fused-ring (bicyclic) bond motifs is 1. The van der Waals surface area contributed by atoms with E-state index in [-0.39, 0.29) is 6.04 Å². The molecule has 0 fully saturated rings. The number of nitrogens with zero attached hydrogens (tertiary/aromatic N) is 1. The fourth-order valence-electron chi connectivity index (χ4n) is 3.43. The summed E-state index contributed by atoms with van der Waals surface area (Å²) in [7, 11) is 4.95. The average molecular weight is 365 g/mol. The fourth-order valence-corrected chi connectivity index (χ4v) is 3.43. The molecule has 1 aliphatic heterocycles. The summed E-state index contributed by atoms with van der Waals surface area (Å²) in [6.07, 6.45) is 9.77. The van der Waals surface area contributed by atoms with Gasteiger partial charge >= 0.3 is 0 Å². The van der Waals surface area contributed by atoms with Crippen molar-refractivity contribution >= 4 is 17.8 Å². The molecule has 0 aliphatic carbocycles. The topological polar surface area (TPSA) is 30.9 Å². The Morgan fingerprint density at radius 3 is 2.33 bits per heavy atom. The molecule has 0 saturated heterocycles. The first kappa shape index (κ1) is 18.9. The molecule has 1 unspecified atom stereocenters. The normalized spacial score (nSPS) is 15.7. The number of hydrogen-bond acceptors (Lipinski definition) is 4. The molecule has 27 heavy (non-hydrogen) atoms. The minimum Gasteiger partial charge on any atom is -0.496 e. The smallest absolute Gasteiger partial charge is 0.133 e. The molecule has 1 heterocycles. The van der Waals surface area contributed by atoms with E-state index in [2.05, 4.69) is 60.4 Å². The predicted octanol–water partition coefficient (Wildman–Crippen LogP) is 5.04. The summed E-state index contributed by atoms with van der Waals surface area (Å²) in [4.78, 5) is 2.42. The molecule has 1 atom stereocenters. The van der Waals surface area contributed by atoms with Gasteiger partial charge in [-0.25, -0.2) is 0 Å². The van der Waals surface area contributed by atoms with Crippen molar-refractivity contribution in [3.05, 3.63) is 59.7 Å². The van der Waals surface area contributed by atoms with Gasteiger partial charge in [-0.15, -0.1) is 0 Å². The highest BCUT2D eigenvalue weighted by molar-refractivity contribution is 5.74. The highest BCUT2D eigenvalue weighted by Gasteiger charge is 2.20. The van der Waals surface area contributed by atoms with Crippen LogP contribution in [0.4, 0.5) is 5.69 Å². The molecular weight excluding hydrogens is 338 g/mol. The fraction of sp³-hybridized carbons (Fsp3) is 0.304. The second kappa shape index (κ2) is 8.67. The van der Waals surface area contributed by atoms with Crippen LogP contribution >= 0.6 is 0 Å². The van der Waals surface area contributed by atoms with Crippen LogP contribution in [0.15, 0.2) is 48.6 Å². The lowest BCUT2D eigenvalue weighted by molar-refractivity contribution is 0.374. The Bertz CT molecular complexity index is 816. The van der Waals surface area contributed by atoms with Crippen LogP contribution in [0.3, 0.4) is 0 Å². The van der Waals surface area contributed by atoms with Gasteiger partial charge in [-0.2, -0.15) is 0 Å². The van der Waals surface area contributed by atoms with Crippen molar-refractivity contribution in [3.63, 3.8) is 0 Å². The standard InChI is InChI=1S/C23H27NO3/c1-5-14-24-18(11-10-17-8-6-7-9-21(17)24)12-13-20-22(26-3)15-19(25-2)16-23(20)27-4/h6-13,15-16,18H,5,14H2,1-4H3/b13-12+. The number of hydrogen-bond donors (Lipinski definition) is 0. The molecule has 4 nitrogen and oxygen atoms in total. The molecule has 142 valence electrons. The second-order valence-corrected chi connectivity index (χ2v) is 6.41. The van der Waals surface area contributed by atoms with Gasteiger partial charge in [0.15, 0.2) is 0 Å². The summed E-state index contributed by atoms with van der Waals surface area (Å²) in [6.45, 7) is 3.20. The Labute approximate surface area is 161 Å².